The van der Waals surface area contributed by atoms with Crippen LogP contribution in [0.4, 0.5) is 5.69 Å². The van der Waals surface area contributed by atoms with E-state index in [2.05, 4.69) is 0 Å². The highest BCUT2D eigenvalue weighted by atomic mass is 16.5. The third-order valence-corrected chi connectivity index (χ3v) is 2.60. The van der Waals surface area contributed by atoms with Crippen LogP contribution in [0.1, 0.15) is 12.5 Å². The molecule has 1 aromatic carbocycles. The monoisotopic (exact) mass is 236 g/mol. The molecule has 0 bridgehead atoms. The van der Waals surface area contributed by atoms with Crippen LogP contribution in [0.5, 0.6) is 0 Å². The van der Waals surface area contributed by atoms with E-state index in [0.29, 0.717) is 31.9 Å². The van der Waals surface area contributed by atoms with E-state index >= 15 is 0 Å². The minimum Gasteiger partial charge on any atom is -0.398 e. The number of carbonyl (C=O) groups is 1. The number of nitrogens with zero attached hydrogens (tertiary/aromatic N) is 1. The van der Waals surface area contributed by atoms with Gasteiger partial charge in [0, 0.05) is 25.9 Å². The van der Waals surface area contributed by atoms with Crippen molar-refractivity contribution in [3.63, 3.8) is 0 Å². The molecule has 4 heteroatoms. The number of likely N-dealkylation sites (N-methyl/N-ethyl adjacent to an activating group) is 1. The summed E-state index contributed by atoms with van der Waals surface area (Å²) in [7, 11) is 1.78. The minimum absolute atomic E-state index is 0.0580. The number of anilines is 1. The SMILES string of the molecule is CCOCCN(C)C(=O)Cc1ccccc1N. The molecule has 2 N–H and O–H groups in total. The topological polar surface area (TPSA) is 55.6 Å². The second-order valence-electron chi connectivity index (χ2n) is 3.89. The zero-order valence-electron chi connectivity index (χ0n) is 10.5. The fourth-order valence-electron chi connectivity index (χ4n) is 1.46. The normalized spacial score (nSPS) is 10.2. The molecule has 0 radical (unpaired) electrons. The van der Waals surface area contributed by atoms with Crippen LogP contribution >= 0.6 is 0 Å². The van der Waals surface area contributed by atoms with Gasteiger partial charge in [0.1, 0.15) is 0 Å². The summed E-state index contributed by atoms with van der Waals surface area (Å²) >= 11 is 0. The predicted octanol–water partition coefficient (Wildman–Crippen LogP) is 1.31. The first-order valence-corrected chi connectivity index (χ1v) is 5.80. The molecule has 1 aromatic rings. The van der Waals surface area contributed by atoms with Gasteiger partial charge in [-0.15, -0.1) is 0 Å². The highest BCUT2D eigenvalue weighted by Crippen LogP contribution is 2.11. The summed E-state index contributed by atoms with van der Waals surface area (Å²) in [4.78, 5) is 13.5. The number of hydrogen-bond acceptors (Lipinski definition) is 3. The van der Waals surface area contributed by atoms with Crippen molar-refractivity contribution in [1.82, 2.24) is 4.90 Å². The highest BCUT2D eigenvalue weighted by molar-refractivity contribution is 5.80. The van der Waals surface area contributed by atoms with Gasteiger partial charge in [-0.05, 0) is 18.6 Å². The molecular weight excluding hydrogens is 216 g/mol. The molecule has 0 atom stereocenters. The van der Waals surface area contributed by atoms with E-state index in [1.54, 1.807) is 11.9 Å². The Bertz CT molecular complexity index is 366. The zero-order chi connectivity index (χ0) is 12.7. The van der Waals surface area contributed by atoms with Gasteiger partial charge in [0.15, 0.2) is 0 Å². The molecular formula is C13H20N2O2. The fourth-order valence-corrected chi connectivity index (χ4v) is 1.46. The summed E-state index contributed by atoms with van der Waals surface area (Å²) in [6.45, 7) is 3.79. The van der Waals surface area contributed by atoms with Crippen LogP contribution in [-0.4, -0.2) is 37.6 Å². The van der Waals surface area contributed by atoms with E-state index in [9.17, 15) is 4.79 Å². The van der Waals surface area contributed by atoms with Gasteiger partial charge in [0.05, 0.1) is 13.0 Å². The smallest absolute Gasteiger partial charge is 0.226 e. The molecule has 0 spiro atoms. The van der Waals surface area contributed by atoms with Crippen LogP contribution in [0.15, 0.2) is 24.3 Å². The summed E-state index contributed by atoms with van der Waals surface area (Å²) in [6.07, 6.45) is 0.343. The van der Waals surface area contributed by atoms with Gasteiger partial charge in [-0.2, -0.15) is 0 Å². The van der Waals surface area contributed by atoms with Gasteiger partial charge in [0.25, 0.3) is 0 Å². The lowest BCUT2D eigenvalue weighted by molar-refractivity contribution is -0.129. The van der Waals surface area contributed by atoms with E-state index in [1.807, 2.05) is 31.2 Å². The molecule has 0 fully saturated rings. The van der Waals surface area contributed by atoms with Crippen molar-refractivity contribution in [1.29, 1.82) is 0 Å². The number of carbonyl (C=O) groups excluding carboxylic acids is 1. The first-order valence-electron chi connectivity index (χ1n) is 5.80. The summed E-state index contributed by atoms with van der Waals surface area (Å²) in [5.41, 5.74) is 7.34. The second kappa shape index (κ2) is 6.91. The molecule has 0 unspecified atom stereocenters. The van der Waals surface area contributed by atoms with Crippen molar-refractivity contribution in [2.75, 3.05) is 32.5 Å². The number of hydrogen-bond donors (Lipinski definition) is 1. The Morgan fingerprint density at radius 3 is 2.76 bits per heavy atom. The summed E-state index contributed by atoms with van der Waals surface area (Å²) in [6, 6.07) is 7.44. The van der Waals surface area contributed by atoms with E-state index in [4.69, 9.17) is 10.5 Å². The van der Waals surface area contributed by atoms with Crippen LogP contribution in [0.3, 0.4) is 0 Å². The van der Waals surface area contributed by atoms with Gasteiger partial charge in [-0.1, -0.05) is 18.2 Å². The lowest BCUT2D eigenvalue weighted by Crippen LogP contribution is -2.31. The Morgan fingerprint density at radius 1 is 1.41 bits per heavy atom. The maximum atomic E-state index is 11.9. The van der Waals surface area contributed by atoms with Gasteiger partial charge < -0.3 is 15.4 Å². The minimum atomic E-state index is 0.0580. The van der Waals surface area contributed by atoms with Crippen molar-refractivity contribution in [3.05, 3.63) is 29.8 Å². The van der Waals surface area contributed by atoms with Crippen molar-refractivity contribution in [2.45, 2.75) is 13.3 Å². The maximum Gasteiger partial charge on any atom is 0.226 e. The van der Waals surface area contributed by atoms with Crippen molar-refractivity contribution in [2.24, 2.45) is 0 Å². The van der Waals surface area contributed by atoms with Crippen molar-refractivity contribution < 1.29 is 9.53 Å². The Balaban J connectivity index is 2.46. The summed E-state index contributed by atoms with van der Waals surface area (Å²) < 4.78 is 5.21. The molecule has 0 aromatic heterocycles. The van der Waals surface area contributed by atoms with E-state index in [1.165, 1.54) is 0 Å². The second-order valence-corrected chi connectivity index (χ2v) is 3.89. The molecule has 1 amide bonds. The van der Waals surface area contributed by atoms with E-state index in [-0.39, 0.29) is 5.91 Å². The highest BCUT2D eigenvalue weighted by Gasteiger charge is 2.10. The van der Waals surface area contributed by atoms with Crippen molar-refractivity contribution >= 4 is 11.6 Å². The van der Waals surface area contributed by atoms with Gasteiger partial charge in [-0.3, -0.25) is 4.79 Å². The van der Waals surface area contributed by atoms with Crippen LogP contribution in [0, 0.1) is 0 Å². The standard InChI is InChI=1S/C13H20N2O2/c1-3-17-9-8-15(2)13(16)10-11-6-4-5-7-12(11)14/h4-7H,3,8-10,14H2,1-2H3. The van der Waals surface area contributed by atoms with E-state index < -0.39 is 0 Å². The Labute approximate surface area is 102 Å². The largest absolute Gasteiger partial charge is 0.398 e. The number of nitrogens with two attached hydrogens (primary N) is 1. The van der Waals surface area contributed by atoms with Crippen LogP contribution in [0.25, 0.3) is 0 Å². The number of rotatable bonds is 6. The zero-order valence-corrected chi connectivity index (χ0v) is 10.5. The van der Waals surface area contributed by atoms with Gasteiger partial charge in [0.2, 0.25) is 5.91 Å². The molecule has 0 saturated heterocycles. The maximum absolute atomic E-state index is 11.9. The first kappa shape index (κ1) is 13.5. The quantitative estimate of drug-likeness (QED) is 0.598. The fraction of sp³-hybridized carbons (Fsp3) is 0.462. The Morgan fingerprint density at radius 2 is 2.12 bits per heavy atom. The lowest BCUT2D eigenvalue weighted by atomic mass is 10.1. The number of para-hydroxylation sites is 1. The molecule has 0 aliphatic carbocycles. The third kappa shape index (κ3) is 4.44. The number of benzene rings is 1. The molecule has 0 saturated carbocycles. The summed E-state index contributed by atoms with van der Waals surface area (Å²) in [5.74, 6) is 0.0580. The van der Waals surface area contributed by atoms with Gasteiger partial charge in [-0.25, -0.2) is 0 Å². The number of ether oxygens (including phenoxy) is 1. The predicted molar refractivity (Wildman–Crippen MR) is 68.7 cm³/mol. The van der Waals surface area contributed by atoms with Crippen LogP contribution < -0.4 is 5.73 Å². The van der Waals surface area contributed by atoms with Crippen LogP contribution in [-0.2, 0) is 16.0 Å². The van der Waals surface area contributed by atoms with Crippen molar-refractivity contribution in [3.8, 4) is 0 Å². The molecule has 17 heavy (non-hydrogen) atoms. The molecule has 1 rings (SSSR count). The Kier molecular flexibility index (Phi) is 5.49. The molecule has 0 aliphatic rings. The molecule has 94 valence electrons. The number of amides is 1. The first-order chi connectivity index (χ1) is 8.15. The number of nitrogen functional groups attached to an aromatic ring is 1. The third-order valence-electron chi connectivity index (χ3n) is 2.60. The lowest BCUT2D eigenvalue weighted by Gasteiger charge is -2.17. The average molecular weight is 236 g/mol. The molecule has 4 nitrogen and oxygen atoms in total. The van der Waals surface area contributed by atoms with Crippen LogP contribution in [0.2, 0.25) is 0 Å². The molecule has 0 aliphatic heterocycles. The van der Waals surface area contributed by atoms with E-state index in [0.717, 1.165) is 5.56 Å². The van der Waals surface area contributed by atoms with Gasteiger partial charge >= 0.3 is 0 Å². The Hall–Kier alpha value is -1.55. The summed E-state index contributed by atoms with van der Waals surface area (Å²) in [5, 5.41) is 0. The molecule has 0 heterocycles. The average Bonchev–Trinajstić information content (AvgIpc) is 2.32.